The summed E-state index contributed by atoms with van der Waals surface area (Å²) in [7, 11) is 0. The van der Waals surface area contributed by atoms with Crippen LogP contribution in [0.25, 0.3) is 11.4 Å². The number of hydrogen-bond acceptors (Lipinski definition) is 4. The molecule has 0 unspecified atom stereocenters. The van der Waals surface area contributed by atoms with Gasteiger partial charge in [-0.3, -0.25) is 4.79 Å². The molecule has 1 aromatic heterocycles. The molecule has 5 nitrogen and oxygen atoms in total. The maximum atomic E-state index is 12.9. The predicted octanol–water partition coefficient (Wildman–Crippen LogP) is 4.75. The number of piperazine rings is 1. The molecule has 2 heterocycles. The van der Waals surface area contributed by atoms with Crippen LogP contribution in [0, 0.1) is 6.92 Å². The van der Waals surface area contributed by atoms with Crippen molar-refractivity contribution >= 4 is 11.7 Å². The number of anilines is 1. The van der Waals surface area contributed by atoms with Gasteiger partial charge < -0.3 is 9.80 Å². The van der Waals surface area contributed by atoms with Crippen LogP contribution in [-0.4, -0.2) is 47.0 Å². The molecule has 0 bridgehead atoms. The van der Waals surface area contributed by atoms with Crippen LogP contribution in [0.4, 0.5) is 19.0 Å². The van der Waals surface area contributed by atoms with Gasteiger partial charge in [0.25, 0.3) is 0 Å². The lowest BCUT2D eigenvalue weighted by Crippen LogP contribution is -2.49. The fraction of sp³-hybridized carbons (Fsp3) is 0.320. The third kappa shape index (κ3) is 5.69. The van der Waals surface area contributed by atoms with Gasteiger partial charge in [-0.2, -0.15) is 13.2 Å². The van der Waals surface area contributed by atoms with E-state index in [1.807, 2.05) is 48.2 Å². The van der Waals surface area contributed by atoms with E-state index in [4.69, 9.17) is 0 Å². The first-order valence-corrected chi connectivity index (χ1v) is 10.9. The number of rotatable bonds is 5. The molecule has 3 aromatic rings. The summed E-state index contributed by atoms with van der Waals surface area (Å²) in [6, 6.07) is 16.7. The number of hydrogen-bond donors (Lipinski definition) is 0. The van der Waals surface area contributed by atoms with Crippen LogP contribution < -0.4 is 4.90 Å². The zero-order chi connectivity index (χ0) is 23.4. The van der Waals surface area contributed by atoms with Gasteiger partial charge in [0.2, 0.25) is 5.91 Å². The smallest absolute Gasteiger partial charge is 0.353 e. The van der Waals surface area contributed by atoms with E-state index in [1.54, 1.807) is 0 Å². The van der Waals surface area contributed by atoms with Crippen LogP contribution in [0.2, 0.25) is 0 Å². The maximum absolute atomic E-state index is 12.9. The minimum atomic E-state index is -4.38. The lowest BCUT2D eigenvalue weighted by atomic mass is 10.1. The molecule has 0 spiro atoms. The molecular formula is C25H25F3N4O. The summed E-state index contributed by atoms with van der Waals surface area (Å²) in [6.45, 7) is 4.32. The third-order valence-electron chi connectivity index (χ3n) is 5.74. The first-order valence-electron chi connectivity index (χ1n) is 10.9. The second kappa shape index (κ2) is 9.60. The first-order chi connectivity index (χ1) is 15.8. The van der Waals surface area contributed by atoms with E-state index in [-0.39, 0.29) is 5.91 Å². The zero-order valence-electron chi connectivity index (χ0n) is 18.3. The fourth-order valence-electron chi connectivity index (χ4n) is 3.89. The van der Waals surface area contributed by atoms with Crippen molar-refractivity contribution in [1.29, 1.82) is 0 Å². The van der Waals surface area contributed by atoms with Crippen LogP contribution in [0.3, 0.4) is 0 Å². The van der Waals surface area contributed by atoms with Gasteiger partial charge in [0.15, 0.2) is 5.82 Å². The van der Waals surface area contributed by atoms with Crippen molar-refractivity contribution in [2.45, 2.75) is 25.9 Å². The summed E-state index contributed by atoms with van der Waals surface area (Å²) in [6.07, 6.45) is -3.18. The lowest BCUT2D eigenvalue weighted by Gasteiger charge is -2.35. The van der Waals surface area contributed by atoms with Crippen LogP contribution in [-0.2, 0) is 17.4 Å². The van der Waals surface area contributed by atoms with Gasteiger partial charge >= 0.3 is 6.18 Å². The fourth-order valence-corrected chi connectivity index (χ4v) is 3.89. The van der Waals surface area contributed by atoms with Crippen LogP contribution >= 0.6 is 0 Å². The Balaban J connectivity index is 1.39. The Morgan fingerprint density at radius 2 is 1.61 bits per heavy atom. The molecule has 1 aliphatic rings. The average molecular weight is 454 g/mol. The summed E-state index contributed by atoms with van der Waals surface area (Å²) in [5, 5.41) is 0. The number of aryl methyl sites for hydroxylation is 2. The van der Waals surface area contributed by atoms with E-state index < -0.39 is 11.7 Å². The minimum Gasteiger partial charge on any atom is -0.353 e. The quantitative estimate of drug-likeness (QED) is 0.558. The number of carbonyl (C=O) groups is 1. The highest BCUT2D eigenvalue weighted by molar-refractivity contribution is 5.76. The number of benzene rings is 2. The minimum absolute atomic E-state index is 0.141. The molecular weight excluding hydrogens is 429 g/mol. The van der Waals surface area contributed by atoms with Crippen molar-refractivity contribution in [3.8, 4) is 11.4 Å². The standard InChI is InChI=1S/C25H25F3N4O/c1-18-17-22(30-24(29-18)20-8-10-21(11-9-20)25(26,27)28)31-13-15-32(16-14-31)23(33)12-7-19-5-3-2-4-6-19/h2-6,8-11,17H,7,12-16H2,1H3. The second-order valence-corrected chi connectivity index (χ2v) is 8.12. The van der Waals surface area contributed by atoms with Gasteiger partial charge in [0.1, 0.15) is 5.82 Å². The van der Waals surface area contributed by atoms with Gasteiger partial charge in [0.05, 0.1) is 5.56 Å². The van der Waals surface area contributed by atoms with Gasteiger partial charge in [-0.05, 0) is 31.0 Å². The summed E-state index contributed by atoms with van der Waals surface area (Å²) in [5.41, 5.74) is 1.71. The molecule has 0 radical (unpaired) electrons. The molecule has 33 heavy (non-hydrogen) atoms. The zero-order valence-corrected chi connectivity index (χ0v) is 18.3. The number of carbonyl (C=O) groups excluding carboxylic acids is 1. The lowest BCUT2D eigenvalue weighted by molar-refractivity contribution is -0.137. The molecule has 2 aromatic carbocycles. The Bertz CT molecular complexity index is 1090. The van der Waals surface area contributed by atoms with Crippen molar-refractivity contribution in [1.82, 2.24) is 14.9 Å². The molecule has 0 atom stereocenters. The molecule has 1 fully saturated rings. The molecule has 1 aliphatic heterocycles. The maximum Gasteiger partial charge on any atom is 0.416 e. The molecule has 0 aliphatic carbocycles. The normalized spacial score (nSPS) is 14.4. The number of alkyl halides is 3. The Morgan fingerprint density at radius 3 is 2.24 bits per heavy atom. The van der Waals surface area contributed by atoms with Crippen molar-refractivity contribution < 1.29 is 18.0 Å². The van der Waals surface area contributed by atoms with E-state index in [9.17, 15) is 18.0 Å². The predicted molar refractivity (Wildman–Crippen MR) is 121 cm³/mol. The third-order valence-corrected chi connectivity index (χ3v) is 5.74. The van der Waals surface area contributed by atoms with E-state index in [0.717, 1.165) is 29.8 Å². The molecule has 0 N–H and O–H groups in total. The van der Waals surface area contributed by atoms with Gasteiger partial charge in [-0.15, -0.1) is 0 Å². The molecule has 1 saturated heterocycles. The monoisotopic (exact) mass is 454 g/mol. The summed E-state index contributed by atoms with van der Waals surface area (Å²) < 4.78 is 38.6. The molecule has 0 saturated carbocycles. The molecule has 4 rings (SSSR count). The van der Waals surface area contributed by atoms with Gasteiger partial charge in [-0.25, -0.2) is 9.97 Å². The van der Waals surface area contributed by atoms with Crippen LogP contribution in [0.15, 0.2) is 60.7 Å². The van der Waals surface area contributed by atoms with Crippen LogP contribution in [0.1, 0.15) is 23.2 Å². The van der Waals surface area contributed by atoms with E-state index in [2.05, 4.69) is 14.9 Å². The van der Waals surface area contributed by atoms with Crippen molar-refractivity contribution in [2.75, 3.05) is 31.1 Å². The second-order valence-electron chi connectivity index (χ2n) is 8.12. The SMILES string of the molecule is Cc1cc(N2CCN(C(=O)CCc3ccccc3)CC2)nc(-c2ccc(C(F)(F)F)cc2)n1. The molecule has 172 valence electrons. The van der Waals surface area contributed by atoms with E-state index in [0.29, 0.717) is 49.8 Å². The highest BCUT2D eigenvalue weighted by atomic mass is 19.4. The summed E-state index contributed by atoms with van der Waals surface area (Å²) >= 11 is 0. The Kier molecular flexibility index (Phi) is 6.62. The summed E-state index contributed by atoms with van der Waals surface area (Å²) in [4.78, 5) is 25.6. The molecule has 8 heteroatoms. The number of amides is 1. The number of halogens is 3. The number of aromatic nitrogens is 2. The Morgan fingerprint density at radius 1 is 0.939 bits per heavy atom. The molecule has 1 amide bonds. The first kappa shape index (κ1) is 22.8. The average Bonchev–Trinajstić information content (AvgIpc) is 2.82. The number of nitrogens with zero attached hydrogens (tertiary/aromatic N) is 4. The van der Waals surface area contributed by atoms with Crippen LogP contribution in [0.5, 0.6) is 0 Å². The van der Waals surface area contributed by atoms with Crippen molar-refractivity contribution in [2.24, 2.45) is 0 Å². The van der Waals surface area contributed by atoms with E-state index >= 15 is 0 Å². The van der Waals surface area contributed by atoms with Gasteiger partial charge in [-0.1, -0.05) is 42.5 Å². The van der Waals surface area contributed by atoms with E-state index in [1.165, 1.54) is 12.1 Å². The van der Waals surface area contributed by atoms with Crippen molar-refractivity contribution in [3.63, 3.8) is 0 Å². The van der Waals surface area contributed by atoms with Crippen molar-refractivity contribution in [3.05, 3.63) is 77.5 Å². The largest absolute Gasteiger partial charge is 0.416 e. The summed E-state index contributed by atoms with van der Waals surface area (Å²) in [5.74, 6) is 1.25. The Hall–Kier alpha value is -3.42. The van der Waals surface area contributed by atoms with Gasteiger partial charge in [0, 0.05) is 49.9 Å². The highest BCUT2D eigenvalue weighted by Gasteiger charge is 2.30. The highest BCUT2D eigenvalue weighted by Crippen LogP contribution is 2.30. The Labute approximate surface area is 190 Å². The topological polar surface area (TPSA) is 49.3 Å².